The van der Waals surface area contributed by atoms with Crippen LogP contribution >= 0.6 is 0 Å². The van der Waals surface area contributed by atoms with Gasteiger partial charge in [0.15, 0.2) is 26.2 Å². The van der Waals surface area contributed by atoms with Crippen LogP contribution in [0.25, 0.3) is 11.0 Å². The first-order valence-electron chi connectivity index (χ1n) is 10.2. The third-order valence-corrected chi connectivity index (χ3v) is 7.29. The molecule has 1 aromatic heterocycles. The highest BCUT2D eigenvalue weighted by molar-refractivity contribution is 8.05. The molecule has 5 rings (SSSR count). The lowest BCUT2D eigenvalue weighted by Crippen LogP contribution is -2.31. The number of nitrogens with zero attached hydrogens (tertiary/aromatic N) is 3. The van der Waals surface area contributed by atoms with Crippen molar-refractivity contribution in [3.05, 3.63) is 58.8 Å². The Labute approximate surface area is 196 Å². The van der Waals surface area contributed by atoms with Gasteiger partial charge in [0.2, 0.25) is 0 Å². The molecule has 9 nitrogen and oxygen atoms in total. The lowest BCUT2D eigenvalue weighted by atomic mass is 10.1. The van der Waals surface area contributed by atoms with Gasteiger partial charge in [-0.05, 0) is 37.6 Å². The molecule has 0 saturated carbocycles. The summed E-state index contributed by atoms with van der Waals surface area (Å²) in [4.78, 5) is 32.0. The normalized spacial score (nSPS) is 17.6. The Morgan fingerprint density at radius 1 is 1.06 bits per heavy atom. The number of fused-ring (bicyclic) bond motifs is 2. The Hall–Kier alpha value is -3.74. The zero-order valence-corrected chi connectivity index (χ0v) is 19.0. The van der Waals surface area contributed by atoms with Gasteiger partial charge in [-0.15, -0.1) is 0 Å². The van der Waals surface area contributed by atoms with Crippen LogP contribution in [0.4, 0.5) is 18.9 Å². The molecule has 2 aliphatic rings. The van der Waals surface area contributed by atoms with Crippen molar-refractivity contribution in [1.82, 2.24) is 5.16 Å². The fourth-order valence-corrected chi connectivity index (χ4v) is 5.60. The second-order valence-corrected chi connectivity index (χ2v) is 10.7. The quantitative estimate of drug-likeness (QED) is 0.490. The number of hydrogen-bond donors (Lipinski definition) is 0. The van der Waals surface area contributed by atoms with Crippen molar-refractivity contribution in [2.24, 2.45) is 5.16 Å². The highest BCUT2D eigenvalue weighted by Crippen LogP contribution is 2.43. The number of anilines is 1. The molecular formula is C22H16F3N3O6S. The van der Waals surface area contributed by atoms with Crippen molar-refractivity contribution in [2.45, 2.75) is 37.8 Å². The van der Waals surface area contributed by atoms with Gasteiger partial charge in [-0.2, -0.15) is 13.2 Å². The minimum absolute atomic E-state index is 0.0244. The predicted molar refractivity (Wildman–Crippen MR) is 116 cm³/mol. The molecular weight excluding hydrogens is 491 g/mol. The van der Waals surface area contributed by atoms with E-state index in [-0.39, 0.29) is 33.7 Å². The number of carbonyl (C=O) groups excluding carboxylic acids is 2. The molecule has 0 fully saturated rings. The molecule has 0 spiro atoms. The van der Waals surface area contributed by atoms with E-state index in [1.165, 1.54) is 30.3 Å². The van der Waals surface area contributed by atoms with Crippen LogP contribution in [0.2, 0.25) is 0 Å². The number of amides is 2. The van der Waals surface area contributed by atoms with Gasteiger partial charge in [0.25, 0.3) is 11.8 Å². The van der Waals surface area contributed by atoms with Crippen LogP contribution in [-0.4, -0.2) is 36.0 Å². The van der Waals surface area contributed by atoms with E-state index < -0.39 is 55.9 Å². The topological polar surface area (TPSA) is 119 Å². The average molecular weight is 507 g/mol. The highest BCUT2D eigenvalue weighted by Gasteiger charge is 2.44. The minimum atomic E-state index is -5.01. The summed E-state index contributed by atoms with van der Waals surface area (Å²) in [5.41, 5.74) is -3.56. The molecule has 0 N–H and O–H groups in total. The summed E-state index contributed by atoms with van der Waals surface area (Å²) in [6.07, 6.45) is -5.06. The van der Waals surface area contributed by atoms with Gasteiger partial charge in [0.05, 0.1) is 28.0 Å². The van der Waals surface area contributed by atoms with Crippen LogP contribution in [0.1, 0.15) is 52.2 Å². The summed E-state index contributed by atoms with van der Waals surface area (Å²) >= 11 is 0. The number of rotatable bonds is 3. The summed E-state index contributed by atoms with van der Waals surface area (Å²) in [5.74, 6) is -2.63. The summed E-state index contributed by atoms with van der Waals surface area (Å²) < 4.78 is 72.5. The minimum Gasteiger partial charge on any atom is -0.389 e. The van der Waals surface area contributed by atoms with Crippen LogP contribution in [0.15, 0.2) is 46.1 Å². The first kappa shape index (κ1) is 23.0. The molecule has 2 amide bonds. The van der Waals surface area contributed by atoms with E-state index in [2.05, 4.69) is 10.3 Å². The Bertz CT molecular complexity index is 1520. The fraction of sp³-hybridized carbons (Fsp3) is 0.273. The third kappa shape index (κ3) is 3.66. The number of oxime groups is 1. The Balaban J connectivity index is 1.73. The van der Waals surface area contributed by atoms with Crippen LogP contribution in [0.5, 0.6) is 0 Å². The maximum atomic E-state index is 13.8. The number of carbonyl (C=O) groups is 2. The Kier molecular flexibility index (Phi) is 4.85. The van der Waals surface area contributed by atoms with Crippen molar-refractivity contribution < 1.29 is 40.5 Å². The number of sulfone groups is 1. The Morgan fingerprint density at radius 2 is 1.69 bits per heavy atom. The van der Waals surface area contributed by atoms with Crippen molar-refractivity contribution in [1.29, 1.82) is 0 Å². The number of halogens is 3. The zero-order valence-electron chi connectivity index (χ0n) is 18.2. The first-order valence-corrected chi connectivity index (χ1v) is 11.9. The lowest BCUT2D eigenvalue weighted by Gasteiger charge is -2.20. The van der Waals surface area contributed by atoms with Gasteiger partial charge in [-0.1, -0.05) is 28.5 Å². The van der Waals surface area contributed by atoms with E-state index in [0.717, 1.165) is 6.07 Å². The molecule has 0 aliphatic carbocycles. The monoisotopic (exact) mass is 507 g/mol. The molecule has 3 aromatic rings. The molecule has 2 aromatic carbocycles. The van der Waals surface area contributed by atoms with Gasteiger partial charge >= 0.3 is 6.18 Å². The van der Waals surface area contributed by atoms with E-state index >= 15 is 0 Å². The molecule has 0 bridgehead atoms. The van der Waals surface area contributed by atoms with E-state index in [4.69, 9.17) is 9.36 Å². The molecule has 182 valence electrons. The maximum Gasteiger partial charge on any atom is 0.437 e. The van der Waals surface area contributed by atoms with Crippen LogP contribution in [0, 0.1) is 0 Å². The molecule has 2 aliphatic heterocycles. The van der Waals surface area contributed by atoms with Gasteiger partial charge < -0.3 is 9.36 Å². The van der Waals surface area contributed by atoms with Crippen LogP contribution in [0.3, 0.4) is 0 Å². The van der Waals surface area contributed by atoms with Crippen molar-refractivity contribution >= 4 is 43.4 Å². The van der Waals surface area contributed by atoms with Gasteiger partial charge in [0.1, 0.15) is 5.60 Å². The molecule has 0 saturated heterocycles. The Morgan fingerprint density at radius 3 is 2.23 bits per heavy atom. The second kappa shape index (κ2) is 7.38. The summed E-state index contributed by atoms with van der Waals surface area (Å²) in [6, 6.07) is 8.01. The van der Waals surface area contributed by atoms with Gasteiger partial charge in [-0.3, -0.25) is 9.59 Å². The van der Waals surface area contributed by atoms with E-state index in [1.54, 1.807) is 13.8 Å². The van der Waals surface area contributed by atoms with Crippen molar-refractivity contribution in [3.8, 4) is 0 Å². The first-order chi connectivity index (χ1) is 16.3. The third-order valence-electron chi connectivity index (χ3n) is 5.66. The van der Waals surface area contributed by atoms with Crippen molar-refractivity contribution in [2.75, 3.05) is 4.90 Å². The number of alkyl halides is 3. The molecule has 3 heterocycles. The molecule has 35 heavy (non-hydrogen) atoms. The van der Waals surface area contributed by atoms with E-state index in [9.17, 15) is 31.2 Å². The maximum absolute atomic E-state index is 13.8. The number of hydrogen-bond acceptors (Lipinski definition) is 8. The molecule has 0 radical (unpaired) electrons. The SMILES string of the molecule is CC1(C)CC(S(=O)(=O)Cc2ccc3onc(C(F)(F)F)c3c2N2C(=O)c3ccccc3C2=O)=NO1. The van der Waals surface area contributed by atoms with Gasteiger partial charge in [-0.25, -0.2) is 13.3 Å². The number of aromatic nitrogens is 1. The van der Waals surface area contributed by atoms with Crippen LogP contribution in [-0.2, 0) is 26.6 Å². The smallest absolute Gasteiger partial charge is 0.389 e. The number of imide groups is 1. The fourth-order valence-electron chi connectivity index (χ4n) is 4.08. The number of benzene rings is 2. The second-order valence-electron chi connectivity index (χ2n) is 8.74. The standard InChI is InChI=1S/C22H16F3N3O6S/c1-21(2)9-15(26-34-21)35(31,32)10-11-7-8-14-16(18(27-33-14)22(23,24)25)17(11)28-19(29)12-5-3-4-6-13(12)20(28)30/h3-8H,9-10H2,1-2H3. The van der Waals surface area contributed by atoms with E-state index in [1.807, 2.05) is 0 Å². The molecule has 0 atom stereocenters. The van der Waals surface area contributed by atoms with Gasteiger partial charge in [0, 0.05) is 6.42 Å². The zero-order chi connectivity index (χ0) is 25.3. The molecule has 13 heteroatoms. The van der Waals surface area contributed by atoms with Crippen molar-refractivity contribution in [3.63, 3.8) is 0 Å². The lowest BCUT2D eigenvalue weighted by molar-refractivity contribution is -0.141. The molecule has 0 unspecified atom stereocenters. The highest BCUT2D eigenvalue weighted by atomic mass is 32.2. The average Bonchev–Trinajstić information content (AvgIpc) is 3.44. The summed E-state index contributed by atoms with van der Waals surface area (Å²) in [7, 11) is -4.20. The predicted octanol–water partition coefficient (Wildman–Crippen LogP) is 4.07. The van der Waals surface area contributed by atoms with Crippen LogP contribution < -0.4 is 4.90 Å². The summed E-state index contributed by atoms with van der Waals surface area (Å²) in [5, 5.41) is 5.73. The summed E-state index contributed by atoms with van der Waals surface area (Å²) in [6.45, 7) is 3.25. The largest absolute Gasteiger partial charge is 0.437 e. The van der Waals surface area contributed by atoms with E-state index in [0.29, 0.717) is 4.90 Å².